The summed E-state index contributed by atoms with van der Waals surface area (Å²) in [7, 11) is 0. The lowest BCUT2D eigenvalue weighted by atomic mass is 9.86. The van der Waals surface area contributed by atoms with Gasteiger partial charge in [0, 0.05) is 10.4 Å². The molecule has 0 aliphatic rings. The lowest BCUT2D eigenvalue weighted by molar-refractivity contribution is 0.290. The number of nitrogens with two attached hydrogens (primary N) is 1. The van der Waals surface area contributed by atoms with E-state index in [9.17, 15) is 0 Å². The SMILES string of the molecule is CC(C)(C)[C@@H](N)c1cc2cc(Cl)ccc2o1. The van der Waals surface area contributed by atoms with Crippen LogP contribution in [0.4, 0.5) is 0 Å². The van der Waals surface area contributed by atoms with Gasteiger partial charge in [-0.3, -0.25) is 0 Å². The molecular formula is C13H16ClNO. The standard InChI is InChI=1S/C13H16ClNO/c1-13(2,3)12(15)11-7-8-6-9(14)4-5-10(8)16-11/h4-7,12H,15H2,1-3H3/t12-/m0/s1. The molecule has 0 unspecified atom stereocenters. The van der Waals surface area contributed by atoms with E-state index in [0.717, 1.165) is 16.7 Å². The highest BCUT2D eigenvalue weighted by molar-refractivity contribution is 6.31. The van der Waals surface area contributed by atoms with Crippen molar-refractivity contribution in [2.75, 3.05) is 0 Å². The fraction of sp³-hybridized carbons (Fsp3) is 0.385. The van der Waals surface area contributed by atoms with E-state index in [1.807, 2.05) is 24.3 Å². The lowest BCUT2D eigenvalue weighted by Gasteiger charge is -2.24. The average Bonchev–Trinajstić information content (AvgIpc) is 2.57. The molecule has 0 amide bonds. The van der Waals surface area contributed by atoms with E-state index in [-0.39, 0.29) is 11.5 Å². The van der Waals surface area contributed by atoms with Gasteiger partial charge in [-0.15, -0.1) is 0 Å². The molecule has 0 aliphatic carbocycles. The molecule has 1 atom stereocenters. The van der Waals surface area contributed by atoms with Crippen molar-refractivity contribution in [2.24, 2.45) is 11.1 Å². The summed E-state index contributed by atoms with van der Waals surface area (Å²) < 4.78 is 5.73. The fourth-order valence-corrected chi connectivity index (χ4v) is 1.80. The Morgan fingerprint density at radius 2 is 1.94 bits per heavy atom. The highest BCUT2D eigenvalue weighted by Gasteiger charge is 2.25. The molecule has 0 radical (unpaired) electrons. The first-order valence-electron chi connectivity index (χ1n) is 5.32. The van der Waals surface area contributed by atoms with Crippen molar-refractivity contribution in [3.05, 3.63) is 35.0 Å². The van der Waals surface area contributed by atoms with Gasteiger partial charge in [0.15, 0.2) is 0 Å². The molecule has 2 aromatic rings. The van der Waals surface area contributed by atoms with Crippen LogP contribution >= 0.6 is 11.6 Å². The van der Waals surface area contributed by atoms with Crippen molar-refractivity contribution >= 4 is 22.6 Å². The zero-order valence-electron chi connectivity index (χ0n) is 9.75. The number of rotatable bonds is 1. The van der Waals surface area contributed by atoms with Gasteiger partial charge >= 0.3 is 0 Å². The maximum atomic E-state index is 6.15. The van der Waals surface area contributed by atoms with Crippen LogP contribution in [0.25, 0.3) is 11.0 Å². The Hall–Kier alpha value is -0.990. The Morgan fingerprint density at radius 1 is 1.25 bits per heavy atom. The highest BCUT2D eigenvalue weighted by atomic mass is 35.5. The number of furan rings is 1. The van der Waals surface area contributed by atoms with Crippen LogP contribution in [-0.4, -0.2) is 0 Å². The van der Waals surface area contributed by atoms with E-state index in [1.165, 1.54) is 0 Å². The van der Waals surface area contributed by atoms with Gasteiger partial charge in [-0.05, 0) is 29.7 Å². The summed E-state index contributed by atoms with van der Waals surface area (Å²) in [5.41, 5.74) is 6.96. The molecule has 0 saturated heterocycles. The Labute approximate surface area is 100 Å². The van der Waals surface area contributed by atoms with E-state index >= 15 is 0 Å². The van der Waals surface area contributed by atoms with Crippen LogP contribution in [0.2, 0.25) is 5.02 Å². The predicted octanol–water partition coefficient (Wildman–Crippen LogP) is 4.13. The smallest absolute Gasteiger partial charge is 0.134 e. The fourth-order valence-electron chi connectivity index (χ4n) is 1.61. The van der Waals surface area contributed by atoms with Crippen molar-refractivity contribution < 1.29 is 4.42 Å². The van der Waals surface area contributed by atoms with Gasteiger partial charge in [-0.1, -0.05) is 32.4 Å². The molecule has 2 rings (SSSR count). The molecule has 86 valence electrons. The monoisotopic (exact) mass is 237 g/mol. The molecule has 0 saturated carbocycles. The Kier molecular flexibility index (Phi) is 2.72. The largest absolute Gasteiger partial charge is 0.459 e. The third-order valence-corrected chi connectivity index (χ3v) is 2.97. The van der Waals surface area contributed by atoms with E-state index in [4.69, 9.17) is 21.8 Å². The van der Waals surface area contributed by atoms with Crippen LogP contribution in [0.3, 0.4) is 0 Å². The minimum atomic E-state index is -0.112. The number of fused-ring (bicyclic) bond motifs is 1. The summed E-state index contributed by atoms with van der Waals surface area (Å²) in [5.74, 6) is 0.810. The van der Waals surface area contributed by atoms with Gasteiger partial charge in [0.05, 0.1) is 6.04 Å². The van der Waals surface area contributed by atoms with Crippen molar-refractivity contribution in [3.63, 3.8) is 0 Å². The van der Waals surface area contributed by atoms with Crippen LogP contribution in [0, 0.1) is 5.41 Å². The van der Waals surface area contributed by atoms with Crippen LogP contribution in [0.15, 0.2) is 28.7 Å². The normalized spacial score (nSPS) is 14.3. The average molecular weight is 238 g/mol. The van der Waals surface area contributed by atoms with E-state index < -0.39 is 0 Å². The van der Waals surface area contributed by atoms with Crippen molar-refractivity contribution in [2.45, 2.75) is 26.8 Å². The van der Waals surface area contributed by atoms with Crippen LogP contribution < -0.4 is 5.73 Å². The zero-order valence-corrected chi connectivity index (χ0v) is 10.5. The van der Waals surface area contributed by atoms with Crippen LogP contribution in [0.5, 0.6) is 0 Å². The quantitative estimate of drug-likeness (QED) is 0.810. The number of hydrogen-bond acceptors (Lipinski definition) is 2. The number of halogens is 1. The van der Waals surface area contributed by atoms with Crippen molar-refractivity contribution in [3.8, 4) is 0 Å². The third-order valence-electron chi connectivity index (χ3n) is 2.74. The molecule has 2 nitrogen and oxygen atoms in total. The highest BCUT2D eigenvalue weighted by Crippen LogP contribution is 2.34. The second-order valence-corrected chi connectivity index (χ2v) is 5.61. The summed E-state index contributed by atoms with van der Waals surface area (Å²) in [6.07, 6.45) is 0. The van der Waals surface area contributed by atoms with E-state index in [1.54, 1.807) is 0 Å². The number of benzene rings is 1. The number of hydrogen-bond donors (Lipinski definition) is 1. The Balaban J connectivity index is 2.47. The first kappa shape index (κ1) is 11.5. The maximum Gasteiger partial charge on any atom is 0.134 e. The van der Waals surface area contributed by atoms with Crippen molar-refractivity contribution in [1.82, 2.24) is 0 Å². The van der Waals surface area contributed by atoms with Gasteiger partial charge in [-0.25, -0.2) is 0 Å². The topological polar surface area (TPSA) is 39.2 Å². The summed E-state index contributed by atoms with van der Waals surface area (Å²) in [6.45, 7) is 6.29. The molecule has 0 bridgehead atoms. The van der Waals surface area contributed by atoms with Crippen molar-refractivity contribution in [1.29, 1.82) is 0 Å². The molecule has 1 aromatic carbocycles. The minimum Gasteiger partial charge on any atom is -0.459 e. The van der Waals surface area contributed by atoms with E-state index in [0.29, 0.717) is 5.02 Å². The second-order valence-electron chi connectivity index (χ2n) is 5.17. The van der Waals surface area contributed by atoms with E-state index in [2.05, 4.69) is 20.8 Å². The molecule has 2 N–H and O–H groups in total. The molecule has 16 heavy (non-hydrogen) atoms. The molecule has 1 aromatic heterocycles. The summed E-state index contributed by atoms with van der Waals surface area (Å²) in [5, 5.41) is 1.71. The summed E-state index contributed by atoms with van der Waals surface area (Å²) in [6, 6.07) is 7.44. The molecule has 0 fully saturated rings. The van der Waals surface area contributed by atoms with Crippen LogP contribution in [-0.2, 0) is 0 Å². The van der Waals surface area contributed by atoms with Gasteiger partial charge in [-0.2, -0.15) is 0 Å². The van der Waals surface area contributed by atoms with Gasteiger partial charge < -0.3 is 10.2 Å². The first-order valence-corrected chi connectivity index (χ1v) is 5.70. The molecule has 1 heterocycles. The minimum absolute atomic E-state index is 0.0162. The first-order chi connectivity index (χ1) is 7.38. The summed E-state index contributed by atoms with van der Waals surface area (Å²) in [4.78, 5) is 0. The predicted molar refractivity (Wildman–Crippen MR) is 67.6 cm³/mol. The third kappa shape index (κ3) is 2.08. The maximum absolute atomic E-state index is 6.15. The molecule has 3 heteroatoms. The van der Waals surface area contributed by atoms with Gasteiger partial charge in [0.1, 0.15) is 11.3 Å². The van der Waals surface area contributed by atoms with Crippen LogP contribution in [0.1, 0.15) is 32.6 Å². The van der Waals surface area contributed by atoms with Gasteiger partial charge in [0.2, 0.25) is 0 Å². The Morgan fingerprint density at radius 3 is 2.56 bits per heavy atom. The second kappa shape index (κ2) is 3.79. The lowest BCUT2D eigenvalue weighted by Crippen LogP contribution is -2.25. The molecular weight excluding hydrogens is 222 g/mol. The molecule has 0 aliphatic heterocycles. The van der Waals surface area contributed by atoms with Gasteiger partial charge in [0.25, 0.3) is 0 Å². The summed E-state index contributed by atoms with van der Waals surface area (Å²) >= 11 is 5.92. The molecule has 0 spiro atoms. The zero-order chi connectivity index (χ0) is 11.9. The Bertz CT molecular complexity index is 510.